The Labute approximate surface area is 185 Å². The van der Waals surface area contributed by atoms with E-state index in [1.807, 2.05) is 24.3 Å². The van der Waals surface area contributed by atoms with Crippen molar-refractivity contribution < 1.29 is 13.2 Å². The highest BCUT2D eigenvalue weighted by molar-refractivity contribution is 7.89. The number of aryl methyl sites for hydroxylation is 1. The Balaban J connectivity index is 1.38. The number of carbonyl (C=O) groups excluding carboxylic acids is 1. The molecule has 1 fully saturated rings. The fourth-order valence-corrected chi connectivity index (χ4v) is 5.21. The largest absolute Gasteiger partial charge is 0.309 e. The second kappa shape index (κ2) is 8.81. The van der Waals surface area contributed by atoms with Crippen LogP contribution in [0.3, 0.4) is 0 Å². The smallest absolute Gasteiger partial charge is 0.246 e. The van der Waals surface area contributed by atoms with Crippen LogP contribution in [0, 0.1) is 5.92 Å². The van der Waals surface area contributed by atoms with Crippen molar-refractivity contribution in [2.24, 2.45) is 13.0 Å². The maximum Gasteiger partial charge on any atom is 0.246 e. The lowest BCUT2D eigenvalue weighted by Gasteiger charge is -2.30. The monoisotopic (exact) mass is 462 g/mol. The van der Waals surface area contributed by atoms with E-state index in [-0.39, 0.29) is 17.3 Å². The van der Waals surface area contributed by atoms with Gasteiger partial charge in [-0.2, -0.15) is 14.5 Å². The highest BCUT2D eigenvalue weighted by atomic mass is 35.5. The van der Waals surface area contributed by atoms with Crippen LogP contribution in [-0.4, -0.2) is 51.3 Å². The standard InChI is InChI=1S/C20H23ClN6O3S/c1-25-14-18(11-22-25)31(29,30)27-9-2-3-16(13-27)20(28)23-19-8-10-26(24-19)12-15-4-6-17(21)7-5-15/h4-8,10-11,14,16H,2-3,9,12-13H2,1H3,(H,23,24,28). The quantitative estimate of drug-likeness (QED) is 0.605. The summed E-state index contributed by atoms with van der Waals surface area (Å²) in [6.07, 6.45) is 5.81. The zero-order valence-electron chi connectivity index (χ0n) is 17.0. The van der Waals surface area contributed by atoms with Crippen LogP contribution in [0.25, 0.3) is 0 Å². The molecule has 4 rings (SSSR count). The summed E-state index contributed by atoms with van der Waals surface area (Å²) >= 11 is 5.91. The number of anilines is 1. The van der Waals surface area contributed by atoms with E-state index < -0.39 is 15.9 Å². The number of nitrogens with zero attached hydrogens (tertiary/aromatic N) is 5. The van der Waals surface area contributed by atoms with Crippen LogP contribution in [0.5, 0.6) is 0 Å². The minimum atomic E-state index is -3.67. The van der Waals surface area contributed by atoms with Crippen LogP contribution in [-0.2, 0) is 28.4 Å². The van der Waals surface area contributed by atoms with Crippen molar-refractivity contribution in [3.8, 4) is 0 Å². The molecule has 2 aromatic heterocycles. The molecule has 9 nitrogen and oxygen atoms in total. The Morgan fingerprint density at radius 1 is 1.26 bits per heavy atom. The van der Waals surface area contributed by atoms with Gasteiger partial charge in [-0.3, -0.25) is 14.2 Å². The Morgan fingerprint density at radius 2 is 2.03 bits per heavy atom. The van der Waals surface area contributed by atoms with Gasteiger partial charge in [0.25, 0.3) is 0 Å². The predicted octanol–water partition coefficient (Wildman–Crippen LogP) is 2.36. The average Bonchev–Trinajstić information content (AvgIpc) is 3.39. The molecule has 0 aliphatic carbocycles. The van der Waals surface area contributed by atoms with Crippen LogP contribution < -0.4 is 5.32 Å². The van der Waals surface area contributed by atoms with E-state index in [9.17, 15) is 13.2 Å². The molecular weight excluding hydrogens is 440 g/mol. The predicted molar refractivity (Wildman–Crippen MR) is 116 cm³/mol. The highest BCUT2D eigenvalue weighted by Crippen LogP contribution is 2.24. The zero-order valence-corrected chi connectivity index (χ0v) is 18.6. The summed E-state index contributed by atoms with van der Waals surface area (Å²) in [6.45, 7) is 1.07. The second-order valence-corrected chi connectivity index (χ2v) is 9.94. The Morgan fingerprint density at radius 3 is 2.74 bits per heavy atom. The van der Waals surface area contributed by atoms with Crippen molar-refractivity contribution >= 4 is 33.3 Å². The molecule has 1 saturated heterocycles. The molecular formula is C20H23ClN6O3S. The van der Waals surface area contributed by atoms with E-state index in [1.165, 1.54) is 21.4 Å². The molecule has 3 heterocycles. The van der Waals surface area contributed by atoms with Gasteiger partial charge in [0.2, 0.25) is 15.9 Å². The number of rotatable bonds is 6. The van der Waals surface area contributed by atoms with Gasteiger partial charge < -0.3 is 5.32 Å². The van der Waals surface area contributed by atoms with Crippen molar-refractivity contribution in [2.75, 3.05) is 18.4 Å². The van der Waals surface area contributed by atoms with Crippen molar-refractivity contribution in [2.45, 2.75) is 24.3 Å². The van der Waals surface area contributed by atoms with Gasteiger partial charge in [-0.1, -0.05) is 23.7 Å². The molecule has 1 aliphatic rings. The molecule has 0 bridgehead atoms. The third-order valence-electron chi connectivity index (χ3n) is 5.22. The first-order chi connectivity index (χ1) is 14.8. The van der Waals surface area contributed by atoms with E-state index in [4.69, 9.17) is 11.6 Å². The number of halogens is 1. The van der Waals surface area contributed by atoms with Crippen LogP contribution in [0.2, 0.25) is 5.02 Å². The van der Waals surface area contributed by atoms with E-state index in [0.717, 1.165) is 5.56 Å². The molecule has 3 aromatic rings. The van der Waals surface area contributed by atoms with Gasteiger partial charge in [0, 0.05) is 43.6 Å². The van der Waals surface area contributed by atoms with Gasteiger partial charge in [-0.15, -0.1) is 0 Å². The van der Waals surface area contributed by atoms with E-state index in [2.05, 4.69) is 15.5 Å². The van der Waals surface area contributed by atoms with Crippen LogP contribution in [0.15, 0.2) is 53.8 Å². The summed E-state index contributed by atoms with van der Waals surface area (Å²) in [4.78, 5) is 12.9. The first-order valence-corrected chi connectivity index (χ1v) is 11.7. The van der Waals surface area contributed by atoms with Crippen LogP contribution in [0.1, 0.15) is 18.4 Å². The minimum Gasteiger partial charge on any atom is -0.309 e. The normalized spacial score (nSPS) is 17.5. The Kier molecular flexibility index (Phi) is 6.12. The first kappa shape index (κ1) is 21.5. The van der Waals surface area contributed by atoms with Crippen molar-refractivity contribution in [1.29, 1.82) is 0 Å². The molecule has 31 heavy (non-hydrogen) atoms. The number of piperidine rings is 1. The summed E-state index contributed by atoms with van der Waals surface area (Å²) in [6, 6.07) is 9.19. The number of nitrogens with one attached hydrogen (secondary N) is 1. The summed E-state index contributed by atoms with van der Waals surface area (Å²) in [5, 5.41) is 11.8. The molecule has 1 N–H and O–H groups in total. The second-order valence-electron chi connectivity index (χ2n) is 7.57. The average molecular weight is 463 g/mol. The maximum atomic E-state index is 12.8. The van der Waals surface area contributed by atoms with E-state index in [1.54, 1.807) is 24.0 Å². The summed E-state index contributed by atoms with van der Waals surface area (Å²) < 4.78 is 30.2. The van der Waals surface area contributed by atoms with Gasteiger partial charge in [0.1, 0.15) is 4.90 Å². The number of amides is 1. The Bertz CT molecular complexity index is 1170. The van der Waals surface area contributed by atoms with Crippen molar-refractivity contribution in [1.82, 2.24) is 23.9 Å². The molecule has 0 spiro atoms. The summed E-state index contributed by atoms with van der Waals surface area (Å²) in [5.41, 5.74) is 1.04. The number of hydrogen-bond acceptors (Lipinski definition) is 5. The van der Waals surface area contributed by atoms with E-state index >= 15 is 0 Å². The third kappa shape index (κ3) is 4.97. The van der Waals surface area contributed by atoms with Gasteiger partial charge in [0.05, 0.1) is 18.7 Å². The SMILES string of the molecule is Cn1cc(S(=O)(=O)N2CCCC(C(=O)Nc3ccn(Cc4ccc(Cl)cc4)n3)C2)cn1. The lowest BCUT2D eigenvalue weighted by atomic mass is 9.99. The highest BCUT2D eigenvalue weighted by Gasteiger charge is 2.34. The maximum absolute atomic E-state index is 12.8. The van der Waals surface area contributed by atoms with Gasteiger partial charge in [-0.25, -0.2) is 8.42 Å². The minimum absolute atomic E-state index is 0.133. The molecule has 1 aromatic carbocycles. The van der Waals surface area contributed by atoms with Crippen molar-refractivity contribution in [3.63, 3.8) is 0 Å². The number of sulfonamides is 1. The summed E-state index contributed by atoms with van der Waals surface area (Å²) in [5.74, 6) is -0.240. The fourth-order valence-electron chi connectivity index (χ4n) is 3.58. The first-order valence-electron chi connectivity index (χ1n) is 9.89. The molecule has 11 heteroatoms. The molecule has 164 valence electrons. The van der Waals surface area contributed by atoms with Gasteiger partial charge in [0.15, 0.2) is 5.82 Å². The lowest BCUT2D eigenvalue weighted by molar-refractivity contribution is -0.120. The molecule has 0 saturated carbocycles. The number of benzene rings is 1. The van der Waals surface area contributed by atoms with Crippen molar-refractivity contribution in [3.05, 3.63) is 59.5 Å². The van der Waals surface area contributed by atoms with Gasteiger partial charge >= 0.3 is 0 Å². The number of hydrogen-bond donors (Lipinski definition) is 1. The topological polar surface area (TPSA) is 102 Å². The zero-order chi connectivity index (χ0) is 22.0. The Hall–Kier alpha value is -2.69. The van der Waals surface area contributed by atoms with Crippen LogP contribution >= 0.6 is 11.6 Å². The van der Waals surface area contributed by atoms with Crippen LogP contribution in [0.4, 0.5) is 5.82 Å². The fraction of sp³-hybridized carbons (Fsp3) is 0.350. The molecule has 1 amide bonds. The lowest BCUT2D eigenvalue weighted by Crippen LogP contribution is -2.43. The molecule has 1 aliphatic heterocycles. The molecule has 1 unspecified atom stereocenters. The molecule has 0 radical (unpaired) electrons. The molecule has 1 atom stereocenters. The third-order valence-corrected chi connectivity index (χ3v) is 7.29. The summed E-state index contributed by atoms with van der Waals surface area (Å²) in [7, 11) is -2.01. The van der Waals surface area contributed by atoms with Gasteiger partial charge in [-0.05, 0) is 30.5 Å². The number of aromatic nitrogens is 4. The van der Waals surface area contributed by atoms with E-state index in [0.29, 0.717) is 36.8 Å². The number of carbonyl (C=O) groups is 1.